The van der Waals surface area contributed by atoms with Crippen molar-refractivity contribution >= 4 is 66.7 Å². The minimum Gasteiger partial charge on any atom is -0.344 e. The maximum Gasteiger partial charge on any atom is 0.151 e. The van der Waals surface area contributed by atoms with Gasteiger partial charge in [-0.15, -0.1) is 0 Å². The van der Waals surface area contributed by atoms with Gasteiger partial charge in [0.15, 0.2) is 5.84 Å². The fourth-order valence-electron chi connectivity index (χ4n) is 12.6. The van der Waals surface area contributed by atoms with Crippen LogP contribution in [0.15, 0.2) is 214 Å². The minimum atomic E-state index is -0.0435. The average molecular weight is 867 g/mol. The number of aliphatic imine (C=N–C) groups is 2. The Morgan fingerprint density at radius 2 is 1.42 bits per heavy atom. The van der Waals surface area contributed by atoms with Crippen molar-refractivity contribution in [2.24, 2.45) is 21.8 Å². The second kappa shape index (κ2) is 16.2. The molecule has 4 heteroatoms. The molecule has 1 aliphatic heterocycles. The summed E-state index contributed by atoms with van der Waals surface area (Å²) in [6.07, 6.45) is 17.2. The quantitative estimate of drug-likeness (QED) is 0.121. The lowest BCUT2D eigenvalue weighted by molar-refractivity contribution is 0.289. The van der Waals surface area contributed by atoms with Crippen LogP contribution in [-0.2, 0) is 6.42 Å². The highest BCUT2D eigenvalue weighted by atomic mass is 15.2. The van der Waals surface area contributed by atoms with Crippen LogP contribution in [0.3, 0.4) is 0 Å². The zero-order valence-electron chi connectivity index (χ0n) is 38.4. The molecule has 2 heterocycles. The van der Waals surface area contributed by atoms with E-state index in [1.807, 2.05) is 0 Å². The zero-order chi connectivity index (χ0) is 44.6. The summed E-state index contributed by atoms with van der Waals surface area (Å²) in [5.41, 5.74) is 17.4. The molecule has 4 atom stereocenters. The van der Waals surface area contributed by atoms with E-state index in [9.17, 15) is 0 Å². The highest BCUT2D eigenvalue weighted by Crippen LogP contribution is 2.54. The van der Waals surface area contributed by atoms with Crippen molar-refractivity contribution < 1.29 is 0 Å². The number of benzene rings is 7. The first kappa shape index (κ1) is 40.0. The molecule has 7 aromatic carbocycles. The summed E-state index contributed by atoms with van der Waals surface area (Å²) in [7, 11) is 0. The van der Waals surface area contributed by atoms with Gasteiger partial charge in [-0.05, 0) is 115 Å². The summed E-state index contributed by atoms with van der Waals surface area (Å²) in [5, 5.41) is 7.74. The molecule has 0 radical (unpaired) electrons. The molecular weight excluding hydrogens is 813 g/mol. The Bertz CT molecular complexity index is 3550. The monoisotopic (exact) mass is 866 g/mol. The largest absolute Gasteiger partial charge is 0.344 e. The standard InChI is InChI=1S/C63H54N4/c1-40(42-17-4-3-5-18-42)64-63(65-41(2)48-29-16-23-43-19-8-10-24-49(43)48)55-34-36-59(52-27-13-12-26-51(52)55)67-60-35-32-47(39-57(60)56-37-45-21-6-7-22-46(45)38-61(56)67)66-58-30-15-14-28-53(58)54-33-31-44-20-9-11-25-50(44)62(54)66/h3-12,14-26,28-31,33,38-40,56-57,60H,13,27,32,34-37H2,1-2H3. The molecule has 0 amide bonds. The van der Waals surface area contributed by atoms with Crippen LogP contribution in [0.1, 0.15) is 80.7 Å². The zero-order valence-corrected chi connectivity index (χ0v) is 38.4. The van der Waals surface area contributed by atoms with E-state index >= 15 is 0 Å². The summed E-state index contributed by atoms with van der Waals surface area (Å²) in [6, 6.07) is 58.1. The van der Waals surface area contributed by atoms with Gasteiger partial charge < -0.3 is 9.47 Å². The molecule has 326 valence electrons. The molecule has 0 saturated carbocycles. The Labute approximate surface area is 393 Å². The number of fused-ring (bicyclic) bond motifs is 11. The number of rotatable bonds is 6. The van der Waals surface area contributed by atoms with E-state index in [2.05, 4.69) is 205 Å². The van der Waals surface area contributed by atoms with Gasteiger partial charge in [-0.3, -0.25) is 4.99 Å². The molecule has 4 unspecified atom stereocenters. The molecule has 1 fully saturated rings. The van der Waals surface area contributed by atoms with Crippen molar-refractivity contribution in [3.05, 3.63) is 226 Å². The third-order valence-corrected chi connectivity index (χ3v) is 15.7. The van der Waals surface area contributed by atoms with Gasteiger partial charge in [0, 0.05) is 68.0 Å². The second-order valence-corrected chi connectivity index (χ2v) is 19.3. The number of hydrogen-bond acceptors (Lipinski definition) is 2. The van der Waals surface area contributed by atoms with E-state index in [4.69, 9.17) is 9.98 Å². The fourth-order valence-corrected chi connectivity index (χ4v) is 12.6. The van der Waals surface area contributed by atoms with Gasteiger partial charge in [-0.2, -0.15) is 0 Å². The van der Waals surface area contributed by atoms with Crippen LogP contribution in [0.2, 0.25) is 0 Å². The molecule has 0 spiro atoms. The number of likely N-dealkylation sites (tertiary alicyclic amines) is 1. The Morgan fingerprint density at radius 3 is 2.30 bits per heavy atom. The first-order chi connectivity index (χ1) is 33.1. The van der Waals surface area contributed by atoms with Crippen LogP contribution < -0.4 is 0 Å². The summed E-state index contributed by atoms with van der Waals surface area (Å²) in [5.74, 6) is 1.65. The van der Waals surface area contributed by atoms with Gasteiger partial charge in [0.05, 0.1) is 17.1 Å². The van der Waals surface area contributed by atoms with Crippen molar-refractivity contribution in [1.82, 2.24) is 9.47 Å². The number of para-hydroxylation sites is 1. The van der Waals surface area contributed by atoms with Gasteiger partial charge in [-0.1, -0.05) is 170 Å². The Kier molecular flexibility index (Phi) is 9.70. The molecule has 4 nitrogen and oxygen atoms in total. The lowest BCUT2D eigenvalue weighted by Crippen LogP contribution is -2.35. The lowest BCUT2D eigenvalue weighted by atomic mass is 9.77. The molecule has 1 aromatic heterocycles. The van der Waals surface area contributed by atoms with Crippen molar-refractivity contribution in [1.29, 1.82) is 0 Å². The molecule has 67 heavy (non-hydrogen) atoms. The van der Waals surface area contributed by atoms with E-state index in [0.29, 0.717) is 17.9 Å². The van der Waals surface area contributed by atoms with Crippen molar-refractivity contribution in [3.63, 3.8) is 0 Å². The van der Waals surface area contributed by atoms with E-state index in [0.717, 1.165) is 62.1 Å². The highest BCUT2D eigenvalue weighted by molar-refractivity contribution is 6.19. The van der Waals surface area contributed by atoms with Crippen molar-refractivity contribution in [2.75, 3.05) is 0 Å². The number of amidine groups is 1. The molecule has 1 saturated heterocycles. The summed E-state index contributed by atoms with van der Waals surface area (Å²) >= 11 is 0. The van der Waals surface area contributed by atoms with Crippen LogP contribution in [0.25, 0.3) is 55.1 Å². The van der Waals surface area contributed by atoms with E-state index in [-0.39, 0.29) is 6.04 Å². The molecular formula is C63H54N4. The van der Waals surface area contributed by atoms with Crippen LogP contribution >= 0.6 is 0 Å². The Balaban J connectivity index is 0.966. The summed E-state index contributed by atoms with van der Waals surface area (Å²) in [6.45, 7) is 4.39. The van der Waals surface area contributed by atoms with Gasteiger partial charge >= 0.3 is 0 Å². The normalized spacial score (nSPS) is 21.1. The van der Waals surface area contributed by atoms with Gasteiger partial charge in [0.25, 0.3) is 0 Å². The Hall–Kier alpha value is -7.30. The molecule has 0 bridgehead atoms. The van der Waals surface area contributed by atoms with Crippen LogP contribution in [0, 0.1) is 11.8 Å². The Morgan fingerprint density at radius 1 is 0.672 bits per heavy atom. The maximum atomic E-state index is 5.57. The second-order valence-electron chi connectivity index (χ2n) is 19.3. The average Bonchev–Trinajstić information content (AvgIpc) is 3.89. The van der Waals surface area contributed by atoms with Gasteiger partial charge in [-0.25, -0.2) is 4.99 Å². The topological polar surface area (TPSA) is 32.9 Å². The predicted octanol–water partition coefficient (Wildman–Crippen LogP) is 15.6. The first-order valence-electron chi connectivity index (χ1n) is 24.6. The van der Waals surface area contributed by atoms with Crippen LogP contribution in [-0.4, -0.2) is 27.1 Å². The lowest BCUT2D eigenvalue weighted by Gasteiger charge is -2.39. The number of hydrogen-bond donors (Lipinski definition) is 0. The number of allylic oxidation sites excluding steroid dienone is 7. The summed E-state index contributed by atoms with van der Waals surface area (Å²) in [4.78, 5) is 14.0. The smallest absolute Gasteiger partial charge is 0.151 e. The third-order valence-electron chi connectivity index (χ3n) is 15.7. The fraction of sp³-hybridized carbons (Fsp3) is 0.206. The molecule has 0 N–H and O–H groups in total. The third kappa shape index (κ3) is 6.63. The van der Waals surface area contributed by atoms with E-state index in [1.54, 1.807) is 0 Å². The number of nitrogens with zero attached hydrogens (tertiary/aromatic N) is 4. The van der Waals surface area contributed by atoms with Crippen LogP contribution in [0.4, 0.5) is 0 Å². The maximum absolute atomic E-state index is 5.57. The highest BCUT2D eigenvalue weighted by Gasteiger charge is 2.49. The van der Waals surface area contributed by atoms with E-state index < -0.39 is 0 Å². The molecule has 8 aromatic rings. The van der Waals surface area contributed by atoms with Crippen LogP contribution in [0.5, 0.6) is 0 Å². The number of aromatic nitrogens is 1. The van der Waals surface area contributed by atoms with Gasteiger partial charge in [0.2, 0.25) is 0 Å². The van der Waals surface area contributed by atoms with Crippen molar-refractivity contribution in [3.8, 4) is 0 Å². The molecule has 4 aliphatic carbocycles. The minimum absolute atomic E-state index is 0.0435. The van der Waals surface area contributed by atoms with Gasteiger partial charge in [0.1, 0.15) is 0 Å². The van der Waals surface area contributed by atoms with E-state index in [1.165, 1.54) is 93.9 Å². The van der Waals surface area contributed by atoms with Crippen molar-refractivity contribution in [2.45, 2.75) is 70.9 Å². The summed E-state index contributed by atoms with van der Waals surface area (Å²) < 4.78 is 2.64. The molecule has 13 rings (SSSR count). The first-order valence-corrected chi connectivity index (χ1v) is 24.6. The predicted molar refractivity (Wildman–Crippen MR) is 281 cm³/mol. The molecule has 5 aliphatic rings. The SMILES string of the molecule is CC(=NC(=NC(C)c1ccccc1)C1=C2C=CCCC2=C(N2C3=Cc4ccccc4CC3C3C=C(n4c5ccccc5c5ccc6ccccc6c54)CCC32)CC1)c1cccc2ccccc12.